The molecule has 1 aromatic rings. The first-order valence-corrected chi connectivity index (χ1v) is 11.4. The molecule has 1 aliphatic heterocycles. The Morgan fingerprint density at radius 3 is 2.09 bits per heavy atom. The summed E-state index contributed by atoms with van der Waals surface area (Å²) in [4.78, 5) is 56.2. The minimum atomic E-state index is -5.08. The summed E-state index contributed by atoms with van der Waals surface area (Å²) in [7, 11) is 0. The normalized spacial score (nSPS) is 20.8. The number of nitrogen functional groups attached to an aromatic ring is 1. The number of amides is 4. The second kappa shape index (κ2) is 12.4. The van der Waals surface area contributed by atoms with Gasteiger partial charge in [-0.15, -0.1) is 10.2 Å². The zero-order chi connectivity index (χ0) is 26.2. The molecule has 35 heavy (non-hydrogen) atoms. The Morgan fingerprint density at radius 2 is 1.60 bits per heavy atom. The van der Waals surface area contributed by atoms with Crippen molar-refractivity contribution in [3.63, 3.8) is 0 Å². The predicted molar refractivity (Wildman–Crippen MR) is 115 cm³/mol. The van der Waals surface area contributed by atoms with Gasteiger partial charge in [0.1, 0.15) is 5.01 Å². The molecule has 2 heterocycles. The Hall–Kier alpha value is -3.30. The van der Waals surface area contributed by atoms with Crippen LogP contribution in [0.3, 0.4) is 0 Å². The molecule has 2 aliphatic rings. The highest BCUT2D eigenvalue weighted by atomic mass is 32.1. The molecule has 4 amide bonds. The third kappa shape index (κ3) is 10.2. The molecule has 2 atom stereocenters. The SMILES string of the molecule is Nc1nnc(CC(=O)NC2CCCC(NC(=O)CC3CC(=O)NC(=O)C3)C2)s1.O=C(O)C(F)(F)F. The van der Waals surface area contributed by atoms with Gasteiger partial charge in [-0.1, -0.05) is 11.3 Å². The van der Waals surface area contributed by atoms with Crippen LogP contribution in [0.4, 0.5) is 18.3 Å². The average Bonchev–Trinajstić information content (AvgIpc) is 3.11. The number of hydrogen-bond acceptors (Lipinski definition) is 9. The molecule has 0 radical (unpaired) electrons. The fourth-order valence-electron chi connectivity index (χ4n) is 3.75. The minimum Gasteiger partial charge on any atom is -0.475 e. The van der Waals surface area contributed by atoms with E-state index in [9.17, 15) is 32.3 Å². The largest absolute Gasteiger partial charge is 0.490 e. The number of nitrogens with one attached hydrogen (secondary N) is 3. The zero-order valence-corrected chi connectivity index (χ0v) is 19.2. The number of nitrogens with zero attached hydrogens (tertiary/aromatic N) is 2. The predicted octanol–water partition coefficient (Wildman–Crippen LogP) is 0.283. The molecule has 1 aliphatic carbocycles. The molecule has 6 N–H and O–H groups in total. The molecule has 0 bridgehead atoms. The average molecular weight is 523 g/mol. The molecule has 0 aromatic carbocycles. The standard InChI is InChI=1S/C17H24N6O4S.C2HF3O2/c18-17-23-22-16(28-17)8-15(27)20-11-3-1-2-10(7-11)19-12(24)4-9-5-13(25)21-14(26)6-9;3-2(4,5)1(6)7/h9-11H,1-8H2,(H2,18,23)(H,19,24)(H,20,27)(H,21,25,26);(H,6,7). The topological polar surface area (TPSA) is 193 Å². The molecule has 3 rings (SSSR count). The van der Waals surface area contributed by atoms with Gasteiger partial charge in [0.05, 0.1) is 6.42 Å². The highest BCUT2D eigenvalue weighted by Gasteiger charge is 2.38. The Labute approximate surface area is 201 Å². The van der Waals surface area contributed by atoms with Crippen molar-refractivity contribution in [1.82, 2.24) is 26.1 Å². The van der Waals surface area contributed by atoms with Crippen molar-refractivity contribution in [2.24, 2.45) is 5.92 Å². The summed E-state index contributed by atoms with van der Waals surface area (Å²) in [5.74, 6) is -3.96. The number of hydrogen-bond donors (Lipinski definition) is 5. The number of carbonyl (C=O) groups excluding carboxylic acids is 4. The van der Waals surface area contributed by atoms with Crippen LogP contribution in [-0.4, -0.2) is 63.2 Å². The smallest absolute Gasteiger partial charge is 0.475 e. The number of piperidine rings is 1. The lowest BCUT2D eigenvalue weighted by atomic mass is 9.89. The lowest BCUT2D eigenvalue weighted by Crippen LogP contribution is -2.47. The number of anilines is 1. The molecule has 1 saturated carbocycles. The molecule has 0 spiro atoms. The second-order valence-electron chi connectivity index (χ2n) is 8.16. The van der Waals surface area contributed by atoms with E-state index in [0.717, 1.165) is 19.3 Å². The number of imide groups is 1. The number of nitrogens with two attached hydrogens (primary N) is 1. The van der Waals surface area contributed by atoms with Gasteiger partial charge >= 0.3 is 12.1 Å². The van der Waals surface area contributed by atoms with Gasteiger partial charge in [0, 0.05) is 31.3 Å². The van der Waals surface area contributed by atoms with Crippen molar-refractivity contribution in [2.45, 2.75) is 69.6 Å². The van der Waals surface area contributed by atoms with Crippen molar-refractivity contribution in [1.29, 1.82) is 0 Å². The fourth-order valence-corrected chi connectivity index (χ4v) is 4.36. The van der Waals surface area contributed by atoms with Crippen LogP contribution in [0.1, 0.15) is 50.0 Å². The quantitative estimate of drug-likeness (QED) is 0.326. The lowest BCUT2D eigenvalue weighted by Gasteiger charge is -2.31. The number of rotatable bonds is 6. The molecule has 12 nitrogen and oxygen atoms in total. The van der Waals surface area contributed by atoms with Crippen LogP contribution in [0.2, 0.25) is 0 Å². The number of carboxylic acid groups (broad SMARTS) is 1. The van der Waals surface area contributed by atoms with Gasteiger partial charge in [-0.3, -0.25) is 24.5 Å². The Kier molecular flexibility index (Phi) is 9.91. The van der Waals surface area contributed by atoms with Crippen molar-refractivity contribution in [3.05, 3.63) is 5.01 Å². The number of carbonyl (C=O) groups is 5. The first kappa shape index (κ1) is 27.9. The fraction of sp³-hybridized carbons (Fsp3) is 0.632. The number of aliphatic carboxylic acids is 1. The third-order valence-corrected chi connectivity index (χ3v) is 5.89. The van der Waals surface area contributed by atoms with Gasteiger partial charge in [0.2, 0.25) is 28.8 Å². The van der Waals surface area contributed by atoms with Crippen molar-refractivity contribution in [3.8, 4) is 0 Å². The van der Waals surface area contributed by atoms with Gasteiger partial charge in [-0.05, 0) is 31.6 Å². The molecule has 16 heteroatoms. The van der Waals surface area contributed by atoms with Crippen LogP contribution in [0.15, 0.2) is 0 Å². The summed E-state index contributed by atoms with van der Waals surface area (Å²) in [5, 5.41) is 23.8. The first-order chi connectivity index (χ1) is 16.3. The van der Waals surface area contributed by atoms with Crippen LogP contribution >= 0.6 is 11.3 Å². The molecular weight excluding hydrogens is 497 g/mol. The Morgan fingerprint density at radius 1 is 1.06 bits per heavy atom. The number of halogens is 3. The summed E-state index contributed by atoms with van der Waals surface area (Å²) in [6, 6.07) is -0.0457. The van der Waals surface area contributed by atoms with Gasteiger partial charge < -0.3 is 21.5 Å². The number of aromatic nitrogens is 2. The van der Waals surface area contributed by atoms with Crippen molar-refractivity contribution < 1.29 is 42.3 Å². The van der Waals surface area contributed by atoms with Gasteiger partial charge in [0.15, 0.2) is 0 Å². The maximum absolute atomic E-state index is 12.3. The van der Waals surface area contributed by atoms with Crippen LogP contribution in [-0.2, 0) is 30.4 Å². The van der Waals surface area contributed by atoms with Gasteiger partial charge in [-0.2, -0.15) is 13.2 Å². The van der Waals surface area contributed by atoms with Crippen molar-refractivity contribution >= 4 is 46.1 Å². The summed E-state index contributed by atoms with van der Waals surface area (Å²) < 4.78 is 31.7. The lowest BCUT2D eigenvalue weighted by molar-refractivity contribution is -0.192. The summed E-state index contributed by atoms with van der Waals surface area (Å²) in [6.45, 7) is 0. The monoisotopic (exact) mass is 522 g/mol. The maximum atomic E-state index is 12.3. The molecule has 2 unspecified atom stereocenters. The highest BCUT2D eigenvalue weighted by Crippen LogP contribution is 2.21. The maximum Gasteiger partial charge on any atom is 0.490 e. The van der Waals surface area contributed by atoms with Crippen LogP contribution in [0.25, 0.3) is 0 Å². The van der Waals surface area contributed by atoms with E-state index in [-0.39, 0.29) is 67.3 Å². The zero-order valence-electron chi connectivity index (χ0n) is 18.4. The first-order valence-electron chi connectivity index (χ1n) is 10.6. The number of carboxylic acids is 1. The summed E-state index contributed by atoms with van der Waals surface area (Å²) >= 11 is 1.19. The third-order valence-electron chi connectivity index (χ3n) is 5.14. The molecule has 2 fully saturated rings. The van der Waals surface area contributed by atoms with E-state index in [0.29, 0.717) is 16.6 Å². The van der Waals surface area contributed by atoms with Crippen LogP contribution in [0, 0.1) is 5.92 Å². The highest BCUT2D eigenvalue weighted by molar-refractivity contribution is 7.15. The van der Waals surface area contributed by atoms with E-state index in [2.05, 4.69) is 26.1 Å². The van der Waals surface area contributed by atoms with Gasteiger partial charge in [0.25, 0.3) is 0 Å². The van der Waals surface area contributed by atoms with E-state index < -0.39 is 12.1 Å². The molecule has 194 valence electrons. The van der Waals surface area contributed by atoms with E-state index >= 15 is 0 Å². The van der Waals surface area contributed by atoms with Crippen LogP contribution in [0.5, 0.6) is 0 Å². The molecular formula is C19H25F3N6O6S. The minimum absolute atomic E-state index is 0.0149. The van der Waals surface area contributed by atoms with E-state index in [1.165, 1.54) is 11.3 Å². The summed E-state index contributed by atoms with van der Waals surface area (Å²) in [5.41, 5.74) is 5.52. The Balaban J connectivity index is 0.000000540. The second-order valence-corrected chi connectivity index (χ2v) is 9.25. The molecule has 1 aromatic heterocycles. The Bertz CT molecular complexity index is 940. The summed E-state index contributed by atoms with van der Waals surface area (Å²) in [6.07, 6.45) is -1.16. The molecule has 1 saturated heterocycles. The van der Waals surface area contributed by atoms with Gasteiger partial charge in [-0.25, -0.2) is 4.79 Å². The number of alkyl halides is 3. The van der Waals surface area contributed by atoms with E-state index in [4.69, 9.17) is 15.6 Å². The van der Waals surface area contributed by atoms with E-state index in [1.807, 2.05) is 0 Å². The van der Waals surface area contributed by atoms with E-state index in [1.54, 1.807) is 0 Å². The van der Waals surface area contributed by atoms with Crippen molar-refractivity contribution in [2.75, 3.05) is 5.73 Å². The van der Waals surface area contributed by atoms with Crippen LogP contribution < -0.4 is 21.7 Å².